The molecule has 1 N–H and O–H groups in total. The summed E-state index contributed by atoms with van der Waals surface area (Å²) in [7, 11) is 2.21. The van der Waals surface area contributed by atoms with Crippen molar-refractivity contribution in [3.05, 3.63) is 61.2 Å². The highest BCUT2D eigenvalue weighted by atomic mass is 16.5. The van der Waals surface area contributed by atoms with E-state index in [9.17, 15) is 5.11 Å². The number of ether oxygens (including phenoxy) is 4. The second-order valence-corrected chi connectivity index (χ2v) is 14.2. The van der Waals surface area contributed by atoms with E-state index >= 15 is 0 Å². The summed E-state index contributed by atoms with van der Waals surface area (Å²) >= 11 is 0. The first-order chi connectivity index (χ1) is 22.5. The van der Waals surface area contributed by atoms with Crippen molar-refractivity contribution in [1.29, 1.82) is 0 Å². The minimum atomic E-state index is -0.671. The lowest BCUT2D eigenvalue weighted by molar-refractivity contribution is -0.0968. The number of benzene rings is 2. The summed E-state index contributed by atoms with van der Waals surface area (Å²) in [5.74, 6) is 1.96. The molecule has 0 aliphatic carbocycles. The average Bonchev–Trinajstić information content (AvgIpc) is 3.09. The van der Waals surface area contributed by atoms with Gasteiger partial charge in [-0.1, -0.05) is 96.6 Å². The van der Waals surface area contributed by atoms with E-state index in [0.717, 1.165) is 82.5 Å². The highest BCUT2D eigenvalue weighted by Gasteiger charge is 2.30. The van der Waals surface area contributed by atoms with Crippen molar-refractivity contribution in [3.8, 4) is 22.6 Å². The van der Waals surface area contributed by atoms with E-state index in [4.69, 9.17) is 18.9 Å². The first kappa shape index (κ1) is 40.9. The molecule has 264 valence electrons. The summed E-state index contributed by atoms with van der Waals surface area (Å²) in [6.45, 7) is 19.1. The molecule has 0 radical (unpaired) electrons. The fraction of sp³-hybridized carbons (Fsp3) is 0.659. The van der Waals surface area contributed by atoms with Crippen LogP contribution in [0.5, 0.6) is 11.5 Å². The van der Waals surface area contributed by atoms with Gasteiger partial charge in [0.05, 0.1) is 37.6 Å². The Morgan fingerprint density at radius 3 is 1.64 bits per heavy atom. The van der Waals surface area contributed by atoms with Gasteiger partial charge < -0.3 is 24.1 Å². The third-order valence-corrected chi connectivity index (χ3v) is 10.3. The lowest BCUT2D eigenvalue weighted by Crippen LogP contribution is -2.38. The molecule has 0 heterocycles. The average molecular weight is 651 g/mol. The van der Waals surface area contributed by atoms with E-state index in [1.54, 1.807) is 0 Å². The van der Waals surface area contributed by atoms with Crippen LogP contribution in [0.4, 0.5) is 0 Å². The molecule has 0 bridgehead atoms. The van der Waals surface area contributed by atoms with Gasteiger partial charge in [-0.15, -0.1) is 6.58 Å². The topological polar surface area (TPSA) is 57.2 Å². The SMILES string of the molecule is BC(CC)(CCCCCCOc1ccc(-c2ccc(OCCCCCCC(C)(CC)OCC(C)C(C)(O)CC)cc2)cc1)OCC=C. The number of hydrogen-bond acceptors (Lipinski definition) is 5. The van der Waals surface area contributed by atoms with Gasteiger partial charge in [0.15, 0.2) is 0 Å². The molecule has 0 aliphatic heterocycles. The molecule has 0 amide bonds. The summed E-state index contributed by atoms with van der Waals surface area (Å²) in [6, 6.07) is 16.8. The van der Waals surface area contributed by atoms with E-state index in [-0.39, 0.29) is 17.0 Å². The molecule has 2 rings (SSSR count). The molecule has 5 nitrogen and oxygen atoms in total. The Morgan fingerprint density at radius 1 is 0.702 bits per heavy atom. The largest absolute Gasteiger partial charge is 0.494 e. The van der Waals surface area contributed by atoms with Gasteiger partial charge in [0.2, 0.25) is 0 Å². The minimum Gasteiger partial charge on any atom is -0.494 e. The molecule has 2 aromatic rings. The van der Waals surface area contributed by atoms with E-state index in [2.05, 4.69) is 90.7 Å². The normalized spacial score (nSPS) is 16.1. The van der Waals surface area contributed by atoms with Gasteiger partial charge in [-0.3, -0.25) is 0 Å². The summed E-state index contributed by atoms with van der Waals surface area (Å²) in [4.78, 5) is 0. The van der Waals surface area contributed by atoms with E-state index < -0.39 is 5.60 Å². The quantitative estimate of drug-likeness (QED) is 0.0593. The van der Waals surface area contributed by atoms with Gasteiger partial charge in [0.25, 0.3) is 0 Å². The first-order valence-corrected chi connectivity index (χ1v) is 18.6. The van der Waals surface area contributed by atoms with Gasteiger partial charge >= 0.3 is 0 Å². The van der Waals surface area contributed by atoms with Crippen LogP contribution in [0, 0.1) is 5.92 Å². The minimum absolute atomic E-state index is 0.0343. The molecule has 4 unspecified atom stereocenters. The fourth-order valence-corrected chi connectivity index (χ4v) is 5.59. The van der Waals surface area contributed by atoms with Crippen molar-refractivity contribution >= 4 is 7.85 Å². The second-order valence-electron chi connectivity index (χ2n) is 14.2. The van der Waals surface area contributed by atoms with Gasteiger partial charge in [-0.05, 0) is 94.2 Å². The second kappa shape index (κ2) is 21.6. The van der Waals surface area contributed by atoms with E-state index in [1.807, 2.05) is 19.9 Å². The van der Waals surface area contributed by atoms with E-state index in [1.165, 1.54) is 36.8 Å². The van der Waals surface area contributed by atoms with Crippen molar-refractivity contribution in [1.82, 2.24) is 0 Å². The van der Waals surface area contributed by atoms with Gasteiger partial charge in [-0.25, -0.2) is 0 Å². The number of hydrogen-bond donors (Lipinski definition) is 1. The Labute approximate surface area is 289 Å². The van der Waals surface area contributed by atoms with Crippen LogP contribution in [0.3, 0.4) is 0 Å². The predicted octanol–water partition coefficient (Wildman–Crippen LogP) is 9.94. The van der Waals surface area contributed by atoms with Crippen LogP contribution >= 0.6 is 0 Å². The van der Waals surface area contributed by atoms with Crippen LogP contribution in [0.1, 0.15) is 125 Å². The number of rotatable bonds is 27. The highest BCUT2D eigenvalue weighted by Crippen LogP contribution is 2.28. The summed E-state index contributed by atoms with van der Waals surface area (Å²) in [5.41, 5.74) is 1.52. The highest BCUT2D eigenvalue weighted by molar-refractivity contribution is 6.14. The van der Waals surface area contributed by atoms with Crippen LogP contribution in [-0.2, 0) is 9.47 Å². The molecule has 4 atom stereocenters. The summed E-state index contributed by atoms with van der Waals surface area (Å²) in [6.07, 6.45) is 15.9. The molecule has 2 aromatic carbocycles. The molecule has 0 fully saturated rings. The Morgan fingerprint density at radius 2 is 1.19 bits per heavy atom. The predicted molar refractivity (Wildman–Crippen MR) is 201 cm³/mol. The maximum Gasteiger partial charge on any atom is 0.143 e. The van der Waals surface area contributed by atoms with Crippen molar-refractivity contribution < 1.29 is 24.1 Å². The monoisotopic (exact) mass is 651 g/mol. The molecule has 0 saturated carbocycles. The van der Waals surface area contributed by atoms with Crippen molar-refractivity contribution in [2.24, 2.45) is 5.92 Å². The molecular formula is C41H67BO5. The Hall–Kier alpha value is -2.28. The summed E-state index contributed by atoms with van der Waals surface area (Å²) in [5, 5.41) is 10.5. The van der Waals surface area contributed by atoms with Crippen LogP contribution in [0.2, 0.25) is 0 Å². The van der Waals surface area contributed by atoms with Gasteiger partial charge in [-0.2, -0.15) is 0 Å². The smallest absolute Gasteiger partial charge is 0.143 e. The molecule has 0 aromatic heterocycles. The zero-order valence-electron chi connectivity index (χ0n) is 31.1. The third kappa shape index (κ3) is 15.7. The maximum absolute atomic E-state index is 10.5. The van der Waals surface area contributed by atoms with Gasteiger partial charge in [0.1, 0.15) is 19.3 Å². The van der Waals surface area contributed by atoms with Crippen molar-refractivity contribution in [2.75, 3.05) is 26.4 Å². The summed E-state index contributed by atoms with van der Waals surface area (Å²) < 4.78 is 24.3. The molecular weight excluding hydrogens is 583 g/mol. The van der Waals surface area contributed by atoms with Crippen molar-refractivity contribution in [3.63, 3.8) is 0 Å². The standard InChI is InChI=1S/C41H67BO5/c1-8-30-46-41(42,11-4)29-17-13-15-19-32-45-38-26-22-36(23-27-38)35-20-24-37(25-21-35)44-31-18-14-12-16-28-39(6,9-2)47-33-34(5)40(7,43)10-3/h8,20-27,34,43H,1,9-19,28-33,42H2,2-7H3. The Bertz CT molecular complexity index is 1100. The molecule has 47 heavy (non-hydrogen) atoms. The molecule has 0 aliphatic rings. The zero-order chi connectivity index (χ0) is 34.6. The van der Waals surface area contributed by atoms with Gasteiger partial charge in [0, 0.05) is 11.4 Å². The third-order valence-electron chi connectivity index (χ3n) is 10.3. The zero-order valence-corrected chi connectivity index (χ0v) is 31.1. The van der Waals surface area contributed by atoms with Crippen LogP contribution in [-0.4, -0.2) is 56.1 Å². The lowest BCUT2D eigenvalue weighted by atomic mass is 9.75. The van der Waals surface area contributed by atoms with Crippen LogP contribution < -0.4 is 9.47 Å². The first-order valence-electron chi connectivity index (χ1n) is 18.6. The Kier molecular flexibility index (Phi) is 18.8. The lowest BCUT2D eigenvalue weighted by Gasteiger charge is -2.34. The van der Waals surface area contributed by atoms with E-state index in [0.29, 0.717) is 13.2 Å². The maximum atomic E-state index is 10.5. The number of aliphatic hydroxyl groups is 1. The Balaban J connectivity index is 1.60. The van der Waals surface area contributed by atoms with Crippen LogP contribution in [0.15, 0.2) is 61.2 Å². The molecule has 0 spiro atoms. The fourth-order valence-electron chi connectivity index (χ4n) is 5.59. The number of unbranched alkanes of at least 4 members (excludes halogenated alkanes) is 6. The van der Waals surface area contributed by atoms with Crippen LogP contribution in [0.25, 0.3) is 11.1 Å². The van der Waals surface area contributed by atoms with Crippen molar-refractivity contribution in [2.45, 2.75) is 142 Å². The molecule has 0 saturated heterocycles. The molecule has 6 heteroatoms.